The first-order valence-electron chi connectivity index (χ1n) is 7.89. The number of carbonyl (C=O) groups is 1. The number of hydrogen-bond acceptors (Lipinski definition) is 3. The van der Waals surface area contributed by atoms with Crippen LogP contribution in [-0.4, -0.2) is 31.8 Å². The highest BCUT2D eigenvalue weighted by Gasteiger charge is 2.31. The van der Waals surface area contributed by atoms with Crippen LogP contribution in [0, 0.1) is 5.92 Å². The smallest absolute Gasteiger partial charge is 0.252 e. The molecule has 1 N–H and O–H groups in total. The lowest BCUT2D eigenvalue weighted by Crippen LogP contribution is -2.45. The summed E-state index contributed by atoms with van der Waals surface area (Å²) in [5, 5.41) is 3.20. The lowest BCUT2D eigenvalue weighted by molar-refractivity contribution is -0.148. The van der Waals surface area contributed by atoms with Gasteiger partial charge < -0.3 is 14.8 Å². The number of amides is 1. The van der Waals surface area contributed by atoms with Crippen LogP contribution in [0.25, 0.3) is 0 Å². The van der Waals surface area contributed by atoms with Crippen LogP contribution >= 0.6 is 0 Å². The zero-order chi connectivity index (χ0) is 14.5. The third-order valence-electron chi connectivity index (χ3n) is 4.44. The van der Waals surface area contributed by atoms with Crippen LogP contribution in [0.1, 0.15) is 37.3 Å². The molecule has 0 unspecified atom stereocenters. The molecule has 0 bridgehead atoms. The van der Waals surface area contributed by atoms with Crippen molar-refractivity contribution >= 4 is 5.91 Å². The van der Waals surface area contributed by atoms with E-state index in [1.165, 1.54) is 31.2 Å². The summed E-state index contributed by atoms with van der Waals surface area (Å²) in [6.45, 7) is 1.43. The molecule has 1 aliphatic carbocycles. The van der Waals surface area contributed by atoms with E-state index in [9.17, 15) is 4.79 Å². The standard InChI is InChI=1S/C17H23NO3/c19-17(15-12-20-10-11-21-15)18-16(14-8-4-5-9-14)13-6-2-1-3-7-13/h1-3,6-7,14-16H,4-5,8-12H2,(H,18,19)/t15-,16-/m1/s1. The Bertz CT molecular complexity index is 450. The van der Waals surface area contributed by atoms with Crippen molar-refractivity contribution in [1.29, 1.82) is 0 Å². The quantitative estimate of drug-likeness (QED) is 0.926. The van der Waals surface area contributed by atoms with Crippen molar-refractivity contribution in [2.75, 3.05) is 19.8 Å². The zero-order valence-corrected chi connectivity index (χ0v) is 12.3. The number of ether oxygens (including phenoxy) is 2. The van der Waals surface area contributed by atoms with Gasteiger partial charge in [-0.25, -0.2) is 0 Å². The lowest BCUT2D eigenvalue weighted by atomic mass is 9.91. The Hall–Kier alpha value is -1.39. The Balaban J connectivity index is 1.71. The van der Waals surface area contributed by atoms with Gasteiger partial charge in [-0.2, -0.15) is 0 Å². The topological polar surface area (TPSA) is 47.6 Å². The molecule has 1 aromatic carbocycles. The van der Waals surface area contributed by atoms with Crippen LogP contribution in [0.4, 0.5) is 0 Å². The fraction of sp³-hybridized carbons (Fsp3) is 0.588. The monoisotopic (exact) mass is 289 g/mol. The Morgan fingerprint density at radius 3 is 2.57 bits per heavy atom. The van der Waals surface area contributed by atoms with E-state index in [2.05, 4.69) is 17.4 Å². The first-order chi connectivity index (χ1) is 10.3. The van der Waals surface area contributed by atoms with Crippen molar-refractivity contribution in [2.45, 2.75) is 37.8 Å². The Morgan fingerprint density at radius 2 is 1.90 bits per heavy atom. The van der Waals surface area contributed by atoms with E-state index in [0.717, 1.165) is 0 Å². The van der Waals surface area contributed by atoms with Crippen LogP contribution in [0.3, 0.4) is 0 Å². The van der Waals surface area contributed by atoms with Crippen LogP contribution in [0.15, 0.2) is 30.3 Å². The summed E-state index contributed by atoms with van der Waals surface area (Å²) >= 11 is 0. The first-order valence-corrected chi connectivity index (χ1v) is 7.89. The summed E-state index contributed by atoms with van der Waals surface area (Å²) in [5.74, 6) is 0.483. The van der Waals surface area contributed by atoms with Gasteiger partial charge in [-0.15, -0.1) is 0 Å². The molecule has 2 aliphatic rings. The highest BCUT2D eigenvalue weighted by molar-refractivity contribution is 5.81. The highest BCUT2D eigenvalue weighted by Crippen LogP contribution is 2.35. The van der Waals surface area contributed by atoms with Crippen LogP contribution < -0.4 is 5.32 Å². The minimum Gasteiger partial charge on any atom is -0.376 e. The maximum absolute atomic E-state index is 12.4. The van der Waals surface area contributed by atoms with Gasteiger partial charge in [-0.1, -0.05) is 43.2 Å². The largest absolute Gasteiger partial charge is 0.376 e. The minimum atomic E-state index is -0.466. The zero-order valence-electron chi connectivity index (χ0n) is 12.3. The van der Waals surface area contributed by atoms with Crippen LogP contribution in [0.2, 0.25) is 0 Å². The van der Waals surface area contributed by atoms with Gasteiger partial charge in [0.2, 0.25) is 0 Å². The van der Waals surface area contributed by atoms with Gasteiger partial charge in [0.1, 0.15) is 0 Å². The van der Waals surface area contributed by atoms with Crippen molar-refractivity contribution in [3.8, 4) is 0 Å². The van der Waals surface area contributed by atoms with Crippen molar-refractivity contribution < 1.29 is 14.3 Å². The molecule has 21 heavy (non-hydrogen) atoms. The van der Waals surface area contributed by atoms with Gasteiger partial charge >= 0.3 is 0 Å². The molecule has 1 aromatic rings. The van der Waals surface area contributed by atoms with Gasteiger partial charge in [-0.05, 0) is 24.3 Å². The summed E-state index contributed by atoms with van der Waals surface area (Å²) in [5.41, 5.74) is 1.19. The number of carbonyl (C=O) groups excluding carboxylic acids is 1. The molecule has 2 atom stereocenters. The van der Waals surface area contributed by atoms with E-state index in [0.29, 0.717) is 25.7 Å². The number of benzene rings is 1. The molecule has 0 aromatic heterocycles. The molecular weight excluding hydrogens is 266 g/mol. The maximum Gasteiger partial charge on any atom is 0.252 e. The third kappa shape index (κ3) is 3.63. The summed E-state index contributed by atoms with van der Waals surface area (Å²) < 4.78 is 10.8. The van der Waals surface area contributed by atoms with Crippen LogP contribution in [0.5, 0.6) is 0 Å². The average Bonchev–Trinajstić information content (AvgIpc) is 3.08. The molecule has 1 saturated heterocycles. The van der Waals surface area contributed by atoms with Crippen molar-refractivity contribution in [3.05, 3.63) is 35.9 Å². The summed E-state index contributed by atoms with van der Waals surface area (Å²) in [6.07, 6.45) is 4.41. The second-order valence-corrected chi connectivity index (χ2v) is 5.88. The molecular formula is C17H23NO3. The molecule has 3 rings (SSSR count). The van der Waals surface area contributed by atoms with E-state index in [1.54, 1.807) is 0 Å². The predicted molar refractivity (Wildman–Crippen MR) is 79.8 cm³/mol. The van der Waals surface area contributed by atoms with Gasteiger partial charge in [-0.3, -0.25) is 4.79 Å². The van der Waals surface area contributed by atoms with E-state index < -0.39 is 6.10 Å². The molecule has 1 aliphatic heterocycles. The van der Waals surface area contributed by atoms with E-state index in [-0.39, 0.29) is 11.9 Å². The minimum absolute atomic E-state index is 0.0459. The normalized spacial score (nSPS) is 24.7. The summed E-state index contributed by atoms with van der Waals surface area (Å²) in [4.78, 5) is 12.4. The molecule has 2 fully saturated rings. The molecule has 114 valence electrons. The number of hydrogen-bond donors (Lipinski definition) is 1. The molecule has 1 saturated carbocycles. The Kier molecular flexibility index (Phi) is 4.88. The van der Waals surface area contributed by atoms with Crippen molar-refractivity contribution in [2.24, 2.45) is 5.92 Å². The van der Waals surface area contributed by atoms with Gasteiger partial charge in [0.25, 0.3) is 5.91 Å². The van der Waals surface area contributed by atoms with Crippen molar-refractivity contribution in [3.63, 3.8) is 0 Å². The molecule has 0 radical (unpaired) electrons. The molecule has 1 heterocycles. The van der Waals surface area contributed by atoms with Crippen molar-refractivity contribution in [1.82, 2.24) is 5.32 Å². The van der Waals surface area contributed by atoms with Gasteiger partial charge in [0.05, 0.1) is 25.9 Å². The summed E-state index contributed by atoms with van der Waals surface area (Å²) in [6, 6.07) is 10.4. The maximum atomic E-state index is 12.4. The lowest BCUT2D eigenvalue weighted by Gasteiger charge is -2.29. The fourth-order valence-corrected chi connectivity index (χ4v) is 3.31. The van der Waals surface area contributed by atoms with Gasteiger partial charge in [0.15, 0.2) is 6.10 Å². The van der Waals surface area contributed by atoms with E-state index >= 15 is 0 Å². The molecule has 1 amide bonds. The Morgan fingerprint density at radius 1 is 1.14 bits per heavy atom. The van der Waals surface area contributed by atoms with Gasteiger partial charge in [0, 0.05) is 0 Å². The molecule has 0 spiro atoms. The summed E-state index contributed by atoms with van der Waals surface area (Å²) in [7, 11) is 0. The van der Waals surface area contributed by atoms with Crippen LogP contribution in [-0.2, 0) is 14.3 Å². The third-order valence-corrected chi connectivity index (χ3v) is 4.44. The number of nitrogens with one attached hydrogen (secondary N) is 1. The second kappa shape index (κ2) is 7.05. The van der Waals surface area contributed by atoms with E-state index in [4.69, 9.17) is 9.47 Å². The highest BCUT2D eigenvalue weighted by atomic mass is 16.6. The predicted octanol–water partition coefficient (Wildman–Crippen LogP) is 2.45. The fourth-order valence-electron chi connectivity index (χ4n) is 3.31. The molecule has 4 heteroatoms. The Labute approximate surface area is 125 Å². The SMILES string of the molecule is O=C(N[C@H](c1ccccc1)C1CCCC1)[C@H]1COCCO1. The first kappa shape index (κ1) is 14.5. The number of rotatable bonds is 4. The van der Waals surface area contributed by atoms with E-state index in [1.807, 2.05) is 18.2 Å². The average molecular weight is 289 g/mol. The molecule has 4 nitrogen and oxygen atoms in total. The second-order valence-electron chi connectivity index (χ2n) is 5.88.